The van der Waals surface area contributed by atoms with Crippen LogP contribution in [0.2, 0.25) is 10.0 Å². The Labute approximate surface area is 385 Å². The first-order chi connectivity index (χ1) is 30.0. The van der Waals surface area contributed by atoms with Gasteiger partial charge in [0.05, 0.1) is 52.3 Å². The lowest BCUT2D eigenvalue weighted by atomic mass is 10.2. The highest BCUT2D eigenvalue weighted by molar-refractivity contribution is 9.08. The highest BCUT2D eigenvalue weighted by Crippen LogP contribution is 2.27. The van der Waals surface area contributed by atoms with E-state index in [2.05, 4.69) is 41.0 Å². The van der Waals surface area contributed by atoms with Gasteiger partial charge in [-0.15, -0.1) is 0 Å². The summed E-state index contributed by atoms with van der Waals surface area (Å²) in [6.45, 7) is 6.98. The van der Waals surface area contributed by atoms with Crippen LogP contribution in [-0.4, -0.2) is 133 Å². The molecule has 0 aliphatic carbocycles. The van der Waals surface area contributed by atoms with Crippen LogP contribution in [0.25, 0.3) is 0 Å². The van der Waals surface area contributed by atoms with Crippen LogP contribution in [0.1, 0.15) is 58.8 Å². The monoisotopic (exact) mass is 976 g/mol. The van der Waals surface area contributed by atoms with Crippen LogP contribution in [-0.2, 0) is 21.3 Å². The molecule has 0 radical (unpaired) electrons. The predicted octanol–water partition coefficient (Wildman–Crippen LogP) is 8.61. The number of urea groups is 2. The third kappa shape index (κ3) is 15.1. The molecule has 14 nitrogen and oxygen atoms in total. The maximum absolute atomic E-state index is 13.7. The number of carbonyl (C=O) groups is 4. The van der Waals surface area contributed by atoms with Crippen LogP contribution in [0.5, 0.6) is 0 Å². The third-order valence-electron chi connectivity index (χ3n) is 10.1. The Morgan fingerprint density at radius 1 is 0.746 bits per heavy atom. The molecule has 1 N–H and O–H groups in total. The maximum Gasteiger partial charge on any atom is 0.339 e. The number of likely N-dealkylation sites (N-methyl/N-ethyl adjacent to an activating group) is 2. The number of benzene rings is 2. The summed E-state index contributed by atoms with van der Waals surface area (Å²) in [4.78, 5) is 66.1. The van der Waals surface area contributed by atoms with Gasteiger partial charge in [0, 0.05) is 67.4 Å². The molecule has 2 saturated heterocycles. The van der Waals surface area contributed by atoms with Gasteiger partial charge in [0.15, 0.2) is 0 Å². The Bertz CT molecular complexity index is 2160. The Morgan fingerprint density at radius 2 is 1.25 bits per heavy atom. The van der Waals surface area contributed by atoms with Gasteiger partial charge in [0.1, 0.15) is 11.6 Å². The first-order valence-corrected chi connectivity index (χ1v) is 22.1. The number of nitrogens with zero attached hydrogens (tertiary/aromatic N) is 7. The van der Waals surface area contributed by atoms with Gasteiger partial charge < -0.3 is 34.4 Å². The minimum absolute atomic E-state index is 0.00499. The molecule has 4 amide bonds. The van der Waals surface area contributed by atoms with Gasteiger partial charge in [0.2, 0.25) is 0 Å². The highest BCUT2D eigenvalue weighted by atomic mass is 79.9. The number of likely N-dealkylation sites (tertiary alicyclic amines) is 2. The van der Waals surface area contributed by atoms with Crippen LogP contribution in [0.3, 0.4) is 0 Å². The number of alkyl halides is 1. The molecule has 4 aromatic rings. The van der Waals surface area contributed by atoms with Crippen molar-refractivity contribution < 1.29 is 37.4 Å². The van der Waals surface area contributed by atoms with E-state index in [1.54, 1.807) is 47.9 Å². The van der Waals surface area contributed by atoms with Gasteiger partial charge in [0.25, 0.3) is 0 Å². The molecule has 63 heavy (non-hydrogen) atoms. The molecule has 0 bridgehead atoms. The van der Waals surface area contributed by atoms with Crippen LogP contribution in [0.4, 0.5) is 29.7 Å². The molecule has 0 saturated carbocycles. The summed E-state index contributed by atoms with van der Waals surface area (Å²) in [5.41, 5.74) is 3.28. The van der Waals surface area contributed by atoms with Gasteiger partial charge in [-0.3, -0.25) is 14.9 Å². The molecule has 2 atom stereocenters. The molecule has 2 fully saturated rings. The average molecular weight is 979 g/mol. The van der Waals surface area contributed by atoms with E-state index in [1.165, 1.54) is 53.7 Å². The van der Waals surface area contributed by atoms with E-state index in [9.17, 15) is 28.0 Å². The number of rotatable bonds is 11. The summed E-state index contributed by atoms with van der Waals surface area (Å²) in [7, 11) is 7.99. The fourth-order valence-electron chi connectivity index (χ4n) is 6.41. The zero-order valence-corrected chi connectivity index (χ0v) is 39.2. The van der Waals surface area contributed by atoms with Crippen LogP contribution < -0.4 is 10.2 Å². The van der Waals surface area contributed by atoms with Crippen LogP contribution in [0, 0.1) is 11.6 Å². The van der Waals surface area contributed by atoms with Crippen molar-refractivity contribution in [2.75, 3.05) is 77.8 Å². The normalized spacial score (nSPS) is 15.6. The van der Waals surface area contributed by atoms with Crippen molar-refractivity contribution in [1.29, 1.82) is 0 Å². The molecule has 340 valence electrons. The summed E-state index contributed by atoms with van der Waals surface area (Å²) < 4.78 is 36.5. The number of ether oxygens (including phenoxy) is 2. The van der Waals surface area contributed by atoms with Crippen molar-refractivity contribution in [2.45, 2.75) is 50.6 Å². The maximum atomic E-state index is 13.7. The minimum atomic E-state index is -0.552. The van der Waals surface area contributed by atoms with E-state index >= 15 is 0 Å². The molecule has 2 aromatic carbocycles. The fraction of sp³-hybridized carbons (Fsp3) is 0.409. The fourth-order valence-corrected chi connectivity index (χ4v) is 7.10. The number of hydrogen-bond acceptors (Lipinski definition) is 10. The second-order valence-corrected chi connectivity index (χ2v) is 16.3. The summed E-state index contributed by atoms with van der Waals surface area (Å²) in [5, 5.41) is 3.36. The molecule has 0 spiro atoms. The molecule has 0 unspecified atom stereocenters. The number of esters is 2. The van der Waals surface area contributed by atoms with Crippen molar-refractivity contribution in [2.24, 2.45) is 0 Å². The zero-order chi connectivity index (χ0) is 46.2. The van der Waals surface area contributed by atoms with Crippen molar-refractivity contribution in [3.63, 3.8) is 0 Å². The van der Waals surface area contributed by atoms with Gasteiger partial charge >= 0.3 is 24.0 Å². The molecular weight excluding hydrogens is 925 g/mol. The zero-order valence-electron chi connectivity index (χ0n) is 36.1. The van der Waals surface area contributed by atoms with E-state index in [0.29, 0.717) is 65.8 Å². The molecule has 2 aromatic heterocycles. The lowest BCUT2D eigenvalue weighted by Crippen LogP contribution is -2.43. The molecule has 2 aliphatic heterocycles. The van der Waals surface area contributed by atoms with Gasteiger partial charge in [-0.25, -0.2) is 28.0 Å². The summed E-state index contributed by atoms with van der Waals surface area (Å²) in [6, 6.07) is 15.4. The van der Waals surface area contributed by atoms with E-state index in [4.69, 9.17) is 32.7 Å². The van der Waals surface area contributed by atoms with Gasteiger partial charge in [-0.2, -0.15) is 0 Å². The topological polar surface area (TPSA) is 141 Å². The second kappa shape index (κ2) is 24.8. The largest absolute Gasteiger partial charge is 0.462 e. The van der Waals surface area contributed by atoms with Gasteiger partial charge in [-0.05, 0) is 116 Å². The molecular formula is C44H53BrCl2F2N8O6. The van der Waals surface area contributed by atoms with Crippen LogP contribution >= 0.6 is 39.1 Å². The Balaban J connectivity index is 0.000000230. The average Bonchev–Trinajstić information content (AvgIpc) is 3.98. The second-order valence-electron chi connectivity index (χ2n) is 14.9. The van der Waals surface area contributed by atoms with Gasteiger partial charge in [-0.1, -0.05) is 39.1 Å². The van der Waals surface area contributed by atoms with E-state index in [-0.39, 0.29) is 47.3 Å². The Hall–Kier alpha value is -4.94. The summed E-state index contributed by atoms with van der Waals surface area (Å²) >= 11 is 14.9. The highest BCUT2D eigenvalue weighted by Gasteiger charge is 2.32. The number of aromatic nitrogens is 2. The number of amides is 4. The first kappa shape index (κ1) is 50.7. The minimum Gasteiger partial charge on any atom is -0.462 e. The number of halogens is 5. The van der Waals surface area contributed by atoms with Crippen molar-refractivity contribution in [3.8, 4) is 0 Å². The SMILES string of the molecule is CCOC(=O)c1ccc(CBr)nc1.CCOC(=O)c1ccc(CN(C(=O)N2CC[C@@H](N(C)C)C2)c2ccc(F)c(Cl)c2)nc1.CN(C)[C@@H]1CCN(C(=O)Nc2ccc(F)c(Cl)c2)C1. The number of hydrogen-bond donors (Lipinski definition) is 1. The first-order valence-electron chi connectivity index (χ1n) is 20.2. The molecule has 2 aliphatic rings. The predicted molar refractivity (Wildman–Crippen MR) is 244 cm³/mol. The van der Waals surface area contributed by atoms with E-state index in [1.807, 2.05) is 28.2 Å². The van der Waals surface area contributed by atoms with Crippen molar-refractivity contribution in [1.82, 2.24) is 29.6 Å². The quantitative estimate of drug-likeness (QED) is 0.115. The van der Waals surface area contributed by atoms with E-state index in [0.717, 1.165) is 25.1 Å². The summed E-state index contributed by atoms with van der Waals surface area (Å²) in [5.74, 6) is -1.82. The number of anilines is 2. The standard InChI is InChI=1S/C22H26ClFN4O3.C13H17ClFN3O.C9H10BrNO2/c1-4-31-21(29)15-5-6-16(25-12-15)13-28(17-7-8-20(24)19(23)11-17)22(30)27-10-9-18(14-27)26(2)3;1-17(2)10-5-6-18(8-10)13(19)16-9-3-4-12(15)11(14)7-9;1-2-13-9(12)7-3-4-8(5-10)11-6-7/h5-8,11-12,18H,4,9-10,13-14H2,1-3H3;3-4,7,10H,5-6,8H2,1-2H3,(H,16,19);3-4,6H,2,5H2,1H3/t18-;10-;/m11./s1. The molecule has 4 heterocycles. The van der Waals surface area contributed by atoms with Crippen molar-refractivity contribution in [3.05, 3.63) is 117 Å². The number of carbonyl (C=O) groups excluding carboxylic acids is 4. The third-order valence-corrected chi connectivity index (χ3v) is 11.2. The van der Waals surface area contributed by atoms with E-state index < -0.39 is 17.6 Å². The lowest BCUT2D eigenvalue weighted by Gasteiger charge is -2.29. The number of nitrogens with one attached hydrogen (secondary N) is 1. The lowest BCUT2D eigenvalue weighted by molar-refractivity contribution is 0.0516. The molecule has 6 rings (SSSR count). The van der Waals surface area contributed by atoms with Crippen molar-refractivity contribution >= 4 is 74.5 Å². The summed E-state index contributed by atoms with van der Waals surface area (Å²) in [6.07, 6.45) is 4.79. The molecule has 19 heteroatoms. The Kier molecular flexibility index (Phi) is 19.9. The van der Waals surface area contributed by atoms with Crippen LogP contribution in [0.15, 0.2) is 73.1 Å². The smallest absolute Gasteiger partial charge is 0.339 e. The Morgan fingerprint density at radius 3 is 1.71 bits per heavy atom. The number of pyridine rings is 2.